The lowest BCUT2D eigenvalue weighted by Crippen LogP contribution is -2.36. The van der Waals surface area contributed by atoms with E-state index in [2.05, 4.69) is 25.1 Å². The van der Waals surface area contributed by atoms with Gasteiger partial charge in [-0.25, -0.2) is 17.5 Å². The Morgan fingerprint density at radius 3 is 2.68 bits per heavy atom. The largest absolute Gasteiger partial charge is 0.394 e. The van der Waals surface area contributed by atoms with E-state index in [9.17, 15) is 17.9 Å². The van der Waals surface area contributed by atoms with Crippen molar-refractivity contribution in [3.8, 4) is 0 Å². The molecule has 0 aliphatic heterocycles. The number of sulfonamides is 1. The Hall–Kier alpha value is -3.15. The summed E-state index contributed by atoms with van der Waals surface area (Å²) in [7, 11) is -4.00. The van der Waals surface area contributed by atoms with Gasteiger partial charge < -0.3 is 10.4 Å². The Morgan fingerprint density at radius 2 is 1.95 bits per heavy atom. The standard InChI is InChI=1S/C27H31FN6O3S/c1-27(2,28)15-32-38(36,37)26-20-9-19(33-24-13-29-14-25-22(24)12-31-34(25)5-6-35)8-17(20)7-18-11-30-23(10-21(18)26)16-3-4-16/h7,10-14,16,19,32-33,35H,3-6,8-9,15H2,1-2H3/t19-/m1/s1. The van der Waals surface area contributed by atoms with Gasteiger partial charge >= 0.3 is 0 Å². The number of anilines is 1. The highest BCUT2D eigenvalue weighted by Gasteiger charge is 2.34. The Morgan fingerprint density at radius 1 is 1.13 bits per heavy atom. The first kappa shape index (κ1) is 25.1. The zero-order valence-corrected chi connectivity index (χ0v) is 22.2. The number of aromatic nitrogens is 4. The molecule has 6 rings (SSSR count). The minimum atomic E-state index is -4.00. The van der Waals surface area contributed by atoms with Gasteiger partial charge in [0.15, 0.2) is 0 Å². The molecule has 1 atom stereocenters. The van der Waals surface area contributed by atoms with Crippen LogP contribution in [0.3, 0.4) is 0 Å². The van der Waals surface area contributed by atoms with Crippen LogP contribution in [-0.2, 0) is 29.4 Å². The van der Waals surface area contributed by atoms with Crippen molar-refractivity contribution >= 4 is 37.4 Å². The van der Waals surface area contributed by atoms with E-state index in [0.29, 0.717) is 30.7 Å². The molecule has 2 aliphatic carbocycles. The molecule has 2 aliphatic rings. The molecule has 1 fully saturated rings. The molecular weight excluding hydrogens is 507 g/mol. The first-order valence-electron chi connectivity index (χ1n) is 12.9. The predicted octanol–water partition coefficient (Wildman–Crippen LogP) is 3.45. The lowest BCUT2D eigenvalue weighted by molar-refractivity contribution is 0.221. The molecule has 3 aromatic heterocycles. The van der Waals surface area contributed by atoms with E-state index in [1.54, 1.807) is 29.5 Å². The second-order valence-electron chi connectivity index (χ2n) is 11.0. The number of aliphatic hydroxyl groups excluding tert-OH is 1. The van der Waals surface area contributed by atoms with Crippen molar-refractivity contribution in [3.05, 3.63) is 53.7 Å². The molecule has 38 heavy (non-hydrogen) atoms. The highest BCUT2D eigenvalue weighted by Crippen LogP contribution is 2.42. The Bertz CT molecular complexity index is 1640. The van der Waals surface area contributed by atoms with E-state index < -0.39 is 15.7 Å². The van der Waals surface area contributed by atoms with Gasteiger partial charge in [0.2, 0.25) is 10.0 Å². The maximum Gasteiger partial charge on any atom is 0.241 e. The van der Waals surface area contributed by atoms with Crippen LogP contribution in [0.25, 0.3) is 21.7 Å². The summed E-state index contributed by atoms with van der Waals surface area (Å²) in [5.41, 5.74) is 2.52. The number of pyridine rings is 2. The molecule has 200 valence electrons. The predicted molar refractivity (Wildman–Crippen MR) is 144 cm³/mol. The van der Waals surface area contributed by atoms with E-state index in [0.717, 1.165) is 51.6 Å². The Kier molecular flexibility index (Phi) is 6.12. The maximum atomic E-state index is 14.3. The van der Waals surface area contributed by atoms with E-state index in [-0.39, 0.29) is 24.1 Å². The van der Waals surface area contributed by atoms with Crippen molar-refractivity contribution in [1.82, 2.24) is 24.5 Å². The van der Waals surface area contributed by atoms with Gasteiger partial charge in [-0.1, -0.05) is 0 Å². The van der Waals surface area contributed by atoms with Gasteiger partial charge in [0.05, 0.1) is 47.8 Å². The van der Waals surface area contributed by atoms with Crippen LogP contribution in [0.15, 0.2) is 41.8 Å². The quantitative estimate of drug-likeness (QED) is 0.298. The fourth-order valence-corrected chi connectivity index (χ4v) is 7.00. The third kappa shape index (κ3) is 4.74. The molecule has 0 spiro atoms. The molecule has 0 unspecified atom stereocenters. The minimum absolute atomic E-state index is 0.0257. The number of aliphatic hydroxyl groups is 1. The molecule has 0 radical (unpaired) electrons. The molecule has 11 heteroatoms. The minimum Gasteiger partial charge on any atom is -0.394 e. The van der Waals surface area contributed by atoms with Gasteiger partial charge in [0.1, 0.15) is 5.67 Å². The third-order valence-corrected chi connectivity index (χ3v) is 8.83. The van der Waals surface area contributed by atoms with E-state index >= 15 is 0 Å². The van der Waals surface area contributed by atoms with Crippen LogP contribution < -0.4 is 10.0 Å². The molecule has 3 N–H and O–H groups in total. The SMILES string of the molecule is CC(C)(F)CNS(=O)(=O)c1c2c(cc3cnc(C4CC4)cc13)C[C@@H](Nc1cncc3c1cnn3CCO)C2. The molecule has 1 aromatic carbocycles. The summed E-state index contributed by atoms with van der Waals surface area (Å²) >= 11 is 0. The Labute approximate surface area is 220 Å². The summed E-state index contributed by atoms with van der Waals surface area (Å²) in [6.07, 6.45) is 10.2. The topological polar surface area (TPSA) is 122 Å². The molecule has 0 bridgehead atoms. The molecular formula is C27H31FN6O3S. The van der Waals surface area contributed by atoms with Gasteiger partial charge in [-0.3, -0.25) is 14.6 Å². The number of nitrogens with zero attached hydrogens (tertiary/aromatic N) is 4. The molecule has 1 saturated carbocycles. The molecule has 4 aromatic rings. The monoisotopic (exact) mass is 538 g/mol. The fourth-order valence-electron chi connectivity index (χ4n) is 5.32. The number of nitrogens with one attached hydrogen (secondary N) is 2. The van der Waals surface area contributed by atoms with Crippen molar-refractivity contribution < 1.29 is 17.9 Å². The average Bonchev–Trinajstić information content (AvgIpc) is 3.52. The van der Waals surface area contributed by atoms with Gasteiger partial charge in [-0.2, -0.15) is 5.10 Å². The van der Waals surface area contributed by atoms with Crippen LogP contribution in [0, 0.1) is 0 Å². The molecule has 0 saturated heterocycles. The lowest BCUT2D eigenvalue weighted by Gasteiger charge is -2.18. The second-order valence-corrected chi connectivity index (χ2v) is 12.7. The third-order valence-electron chi connectivity index (χ3n) is 7.30. The zero-order valence-electron chi connectivity index (χ0n) is 21.4. The van der Waals surface area contributed by atoms with E-state index in [1.165, 1.54) is 13.8 Å². The number of alkyl halides is 1. The first-order chi connectivity index (χ1) is 18.1. The van der Waals surface area contributed by atoms with Crippen LogP contribution in [0.5, 0.6) is 0 Å². The first-order valence-corrected chi connectivity index (χ1v) is 14.4. The van der Waals surface area contributed by atoms with Crippen LogP contribution in [0.4, 0.5) is 10.1 Å². The smallest absolute Gasteiger partial charge is 0.241 e. The van der Waals surface area contributed by atoms with Crippen LogP contribution in [0.2, 0.25) is 0 Å². The van der Waals surface area contributed by atoms with Crippen LogP contribution in [0.1, 0.15) is 49.4 Å². The van der Waals surface area contributed by atoms with Crippen molar-refractivity contribution in [3.63, 3.8) is 0 Å². The van der Waals surface area contributed by atoms with Gasteiger partial charge in [-0.15, -0.1) is 0 Å². The summed E-state index contributed by atoms with van der Waals surface area (Å²) in [5.74, 6) is 0.370. The van der Waals surface area contributed by atoms with Crippen LogP contribution in [-0.4, -0.2) is 58.1 Å². The van der Waals surface area contributed by atoms with Crippen molar-refractivity contribution in [1.29, 1.82) is 0 Å². The van der Waals surface area contributed by atoms with E-state index in [1.807, 2.05) is 12.1 Å². The maximum absolute atomic E-state index is 14.3. The number of benzene rings is 1. The summed E-state index contributed by atoms with van der Waals surface area (Å²) in [4.78, 5) is 9.19. The molecule has 9 nitrogen and oxygen atoms in total. The average molecular weight is 539 g/mol. The normalized spacial score (nSPS) is 17.8. The highest BCUT2D eigenvalue weighted by molar-refractivity contribution is 7.89. The van der Waals surface area contributed by atoms with E-state index in [4.69, 9.17) is 0 Å². The molecule has 3 heterocycles. The number of rotatable bonds is 9. The summed E-state index contributed by atoms with van der Waals surface area (Å²) < 4.78 is 45.9. The summed E-state index contributed by atoms with van der Waals surface area (Å²) in [6.45, 7) is 2.75. The molecule has 0 amide bonds. The van der Waals surface area contributed by atoms with Gasteiger partial charge in [0.25, 0.3) is 0 Å². The zero-order chi connectivity index (χ0) is 26.7. The highest BCUT2D eigenvalue weighted by atomic mass is 32.2. The summed E-state index contributed by atoms with van der Waals surface area (Å²) in [6, 6.07) is 3.87. The van der Waals surface area contributed by atoms with Crippen molar-refractivity contribution in [2.75, 3.05) is 18.5 Å². The second kappa shape index (κ2) is 9.25. The lowest BCUT2D eigenvalue weighted by atomic mass is 10.0. The number of halogens is 1. The van der Waals surface area contributed by atoms with Crippen molar-refractivity contribution in [2.45, 2.75) is 68.6 Å². The van der Waals surface area contributed by atoms with Crippen LogP contribution >= 0.6 is 0 Å². The van der Waals surface area contributed by atoms with Crippen molar-refractivity contribution in [2.24, 2.45) is 0 Å². The fraction of sp³-hybridized carbons (Fsp3) is 0.444. The number of hydrogen-bond donors (Lipinski definition) is 3. The Balaban J connectivity index is 1.39. The number of fused-ring (bicyclic) bond motifs is 3. The number of hydrogen-bond acceptors (Lipinski definition) is 7. The summed E-state index contributed by atoms with van der Waals surface area (Å²) in [5, 5.41) is 19.5. The van der Waals surface area contributed by atoms with Gasteiger partial charge in [-0.05, 0) is 62.8 Å². The van der Waals surface area contributed by atoms with Gasteiger partial charge in [0, 0.05) is 46.6 Å².